The van der Waals surface area contributed by atoms with Crippen molar-refractivity contribution in [1.82, 2.24) is 4.57 Å². The SMILES string of the molecule is Cc1cc(C(=O)O[C@H](C)C(=O)c2ccc(Cl)cc2)c(C)n1C1CC1. The Labute approximate surface area is 146 Å². The summed E-state index contributed by atoms with van der Waals surface area (Å²) >= 11 is 5.83. The second-order valence-electron chi connectivity index (χ2n) is 6.30. The zero-order valence-electron chi connectivity index (χ0n) is 14.0. The number of nitrogens with zero attached hydrogens (tertiary/aromatic N) is 1. The number of carbonyl (C=O) groups is 2. The highest BCUT2D eigenvalue weighted by atomic mass is 35.5. The molecule has 1 aliphatic rings. The third-order valence-corrected chi connectivity index (χ3v) is 4.65. The summed E-state index contributed by atoms with van der Waals surface area (Å²) in [5, 5.41) is 0.559. The van der Waals surface area contributed by atoms with E-state index in [1.54, 1.807) is 31.2 Å². The zero-order chi connectivity index (χ0) is 17.4. The summed E-state index contributed by atoms with van der Waals surface area (Å²) < 4.78 is 7.58. The summed E-state index contributed by atoms with van der Waals surface area (Å²) in [6.45, 7) is 5.51. The molecule has 0 unspecified atom stereocenters. The Morgan fingerprint density at radius 2 is 1.83 bits per heavy atom. The van der Waals surface area contributed by atoms with Crippen molar-refractivity contribution in [3.63, 3.8) is 0 Å². The lowest BCUT2D eigenvalue weighted by Gasteiger charge is -2.13. The number of aryl methyl sites for hydroxylation is 1. The monoisotopic (exact) mass is 345 g/mol. The van der Waals surface area contributed by atoms with Gasteiger partial charge >= 0.3 is 5.97 Å². The summed E-state index contributed by atoms with van der Waals surface area (Å²) in [4.78, 5) is 24.8. The number of aromatic nitrogens is 1. The fourth-order valence-corrected chi connectivity index (χ4v) is 3.13. The van der Waals surface area contributed by atoms with Gasteiger partial charge in [-0.25, -0.2) is 4.79 Å². The van der Waals surface area contributed by atoms with Crippen LogP contribution >= 0.6 is 11.6 Å². The molecule has 0 N–H and O–H groups in total. The summed E-state index contributed by atoms with van der Waals surface area (Å²) in [6.07, 6.45) is 1.45. The number of carbonyl (C=O) groups excluding carboxylic acids is 2. The number of Topliss-reactive ketones (excluding diaryl/α,β-unsaturated/α-hetero) is 1. The van der Waals surface area contributed by atoms with Gasteiger partial charge in [-0.2, -0.15) is 0 Å². The molecule has 0 spiro atoms. The largest absolute Gasteiger partial charge is 0.451 e. The summed E-state index contributed by atoms with van der Waals surface area (Å²) in [6, 6.07) is 8.90. The number of benzene rings is 1. The van der Waals surface area contributed by atoms with Crippen LogP contribution in [0.5, 0.6) is 0 Å². The number of hydrogen-bond donors (Lipinski definition) is 0. The predicted octanol–water partition coefficient (Wildman–Crippen LogP) is 4.52. The average Bonchev–Trinajstić information content (AvgIpc) is 3.32. The van der Waals surface area contributed by atoms with Crippen molar-refractivity contribution in [3.05, 3.63) is 57.9 Å². The van der Waals surface area contributed by atoms with Crippen LogP contribution in [-0.2, 0) is 4.74 Å². The maximum Gasteiger partial charge on any atom is 0.340 e. The van der Waals surface area contributed by atoms with E-state index in [0.717, 1.165) is 24.2 Å². The minimum Gasteiger partial charge on any atom is -0.451 e. The molecule has 1 aliphatic carbocycles. The van der Waals surface area contributed by atoms with Crippen LogP contribution in [0.2, 0.25) is 5.02 Å². The third kappa shape index (κ3) is 3.24. The van der Waals surface area contributed by atoms with Crippen LogP contribution < -0.4 is 0 Å². The average molecular weight is 346 g/mol. The van der Waals surface area contributed by atoms with Gasteiger partial charge in [0.05, 0.1) is 5.56 Å². The van der Waals surface area contributed by atoms with Gasteiger partial charge < -0.3 is 9.30 Å². The topological polar surface area (TPSA) is 48.3 Å². The van der Waals surface area contributed by atoms with Gasteiger partial charge in [0.1, 0.15) is 0 Å². The van der Waals surface area contributed by atoms with E-state index in [2.05, 4.69) is 4.57 Å². The Morgan fingerprint density at radius 1 is 1.21 bits per heavy atom. The normalized spacial score (nSPS) is 15.2. The van der Waals surface area contributed by atoms with E-state index in [-0.39, 0.29) is 5.78 Å². The molecule has 1 fully saturated rings. The fraction of sp³-hybridized carbons (Fsp3) is 0.368. The predicted molar refractivity (Wildman–Crippen MR) is 92.8 cm³/mol. The molecule has 3 rings (SSSR count). The number of ketones is 1. The van der Waals surface area contributed by atoms with Crippen molar-refractivity contribution in [2.45, 2.75) is 45.8 Å². The van der Waals surface area contributed by atoms with E-state index in [1.807, 2.05) is 19.9 Å². The first-order valence-corrected chi connectivity index (χ1v) is 8.45. The Hall–Kier alpha value is -2.07. The van der Waals surface area contributed by atoms with Gasteiger partial charge in [-0.05, 0) is 63.9 Å². The van der Waals surface area contributed by atoms with Crippen molar-refractivity contribution in [3.8, 4) is 0 Å². The molecule has 5 heteroatoms. The number of esters is 1. The highest BCUT2D eigenvalue weighted by Gasteiger charge is 2.29. The molecular weight excluding hydrogens is 326 g/mol. The highest BCUT2D eigenvalue weighted by Crippen LogP contribution is 2.38. The maximum absolute atomic E-state index is 12.5. The Kier molecular flexibility index (Phi) is 4.50. The molecule has 0 radical (unpaired) electrons. The minimum atomic E-state index is -0.845. The van der Waals surface area contributed by atoms with E-state index in [9.17, 15) is 9.59 Å². The first-order valence-electron chi connectivity index (χ1n) is 8.07. The Morgan fingerprint density at radius 3 is 2.42 bits per heavy atom. The van der Waals surface area contributed by atoms with Crippen LogP contribution in [0.1, 0.15) is 57.9 Å². The van der Waals surface area contributed by atoms with Crippen LogP contribution in [0.3, 0.4) is 0 Å². The molecule has 1 heterocycles. The van der Waals surface area contributed by atoms with Crippen LogP contribution in [0.15, 0.2) is 30.3 Å². The lowest BCUT2D eigenvalue weighted by Crippen LogP contribution is -2.24. The molecule has 0 saturated heterocycles. The number of ether oxygens (including phenoxy) is 1. The molecule has 0 bridgehead atoms. The molecule has 2 aromatic rings. The molecule has 1 atom stereocenters. The second kappa shape index (κ2) is 6.44. The van der Waals surface area contributed by atoms with Gasteiger partial charge in [0, 0.05) is 28.0 Å². The van der Waals surface area contributed by atoms with Crippen molar-refractivity contribution in [2.75, 3.05) is 0 Å². The van der Waals surface area contributed by atoms with E-state index in [1.165, 1.54) is 0 Å². The molecule has 0 amide bonds. The van der Waals surface area contributed by atoms with Gasteiger partial charge in [0.2, 0.25) is 5.78 Å². The number of halogens is 1. The zero-order valence-corrected chi connectivity index (χ0v) is 14.8. The van der Waals surface area contributed by atoms with Gasteiger partial charge in [-0.3, -0.25) is 4.79 Å². The molecular formula is C19H20ClNO3. The first kappa shape index (κ1) is 16.8. The van der Waals surface area contributed by atoms with Gasteiger partial charge in [-0.1, -0.05) is 11.6 Å². The second-order valence-corrected chi connectivity index (χ2v) is 6.74. The molecule has 24 heavy (non-hydrogen) atoms. The van der Waals surface area contributed by atoms with Crippen molar-refractivity contribution in [2.24, 2.45) is 0 Å². The molecule has 4 nitrogen and oxygen atoms in total. The van der Waals surface area contributed by atoms with E-state index in [4.69, 9.17) is 16.3 Å². The Balaban J connectivity index is 1.73. The highest BCUT2D eigenvalue weighted by molar-refractivity contribution is 6.30. The van der Waals surface area contributed by atoms with E-state index in [0.29, 0.717) is 22.2 Å². The minimum absolute atomic E-state index is 0.240. The Bertz CT molecular complexity index is 788. The molecule has 1 aromatic carbocycles. The maximum atomic E-state index is 12.5. The van der Waals surface area contributed by atoms with E-state index < -0.39 is 12.1 Å². The van der Waals surface area contributed by atoms with E-state index >= 15 is 0 Å². The standard InChI is InChI=1S/C19H20ClNO3/c1-11-10-17(12(2)21(11)16-8-9-16)19(23)24-13(3)18(22)14-4-6-15(20)7-5-14/h4-7,10,13,16H,8-9H2,1-3H3/t13-/m1/s1. The molecule has 1 aromatic heterocycles. The quantitative estimate of drug-likeness (QED) is 0.591. The van der Waals surface area contributed by atoms with Crippen LogP contribution in [0, 0.1) is 13.8 Å². The van der Waals surface area contributed by atoms with Crippen LogP contribution in [0.4, 0.5) is 0 Å². The summed E-state index contributed by atoms with van der Waals surface area (Å²) in [5.74, 6) is -0.694. The number of rotatable bonds is 5. The summed E-state index contributed by atoms with van der Waals surface area (Å²) in [7, 11) is 0. The molecule has 0 aliphatic heterocycles. The third-order valence-electron chi connectivity index (χ3n) is 4.40. The van der Waals surface area contributed by atoms with Crippen LogP contribution in [-0.4, -0.2) is 22.4 Å². The van der Waals surface area contributed by atoms with Crippen molar-refractivity contribution in [1.29, 1.82) is 0 Å². The number of hydrogen-bond acceptors (Lipinski definition) is 3. The molecule has 1 saturated carbocycles. The lowest BCUT2D eigenvalue weighted by atomic mass is 10.1. The molecule has 126 valence electrons. The van der Waals surface area contributed by atoms with Crippen molar-refractivity contribution < 1.29 is 14.3 Å². The van der Waals surface area contributed by atoms with Gasteiger partial charge in [0.15, 0.2) is 6.10 Å². The van der Waals surface area contributed by atoms with Gasteiger partial charge in [-0.15, -0.1) is 0 Å². The fourth-order valence-electron chi connectivity index (χ4n) is 3.00. The smallest absolute Gasteiger partial charge is 0.340 e. The van der Waals surface area contributed by atoms with Crippen LogP contribution in [0.25, 0.3) is 0 Å². The first-order chi connectivity index (χ1) is 11.4. The van der Waals surface area contributed by atoms with Crippen molar-refractivity contribution >= 4 is 23.4 Å². The van der Waals surface area contributed by atoms with Gasteiger partial charge in [0.25, 0.3) is 0 Å². The lowest BCUT2D eigenvalue weighted by molar-refractivity contribution is 0.0318. The summed E-state index contributed by atoms with van der Waals surface area (Å²) in [5.41, 5.74) is 2.98.